The molecule has 162 valence electrons. The molecule has 3 rings (SSSR count). The molecule has 7 nitrogen and oxygen atoms in total. The molecule has 1 amide bonds. The van der Waals surface area contributed by atoms with E-state index in [9.17, 15) is 13.2 Å². The molecule has 0 aliphatic carbocycles. The number of hydrogen-bond donors (Lipinski definition) is 2. The van der Waals surface area contributed by atoms with Crippen LogP contribution in [0.3, 0.4) is 0 Å². The Bertz CT molecular complexity index is 1200. The van der Waals surface area contributed by atoms with Gasteiger partial charge in [-0.15, -0.1) is 11.8 Å². The second-order valence-electron chi connectivity index (χ2n) is 6.65. The first-order valence-electron chi connectivity index (χ1n) is 9.53. The van der Waals surface area contributed by atoms with Crippen molar-refractivity contribution in [3.63, 3.8) is 0 Å². The molecule has 0 saturated carbocycles. The fourth-order valence-corrected chi connectivity index (χ4v) is 4.22. The van der Waals surface area contributed by atoms with Gasteiger partial charge in [-0.2, -0.15) is 0 Å². The molecule has 1 heterocycles. The van der Waals surface area contributed by atoms with Gasteiger partial charge < -0.3 is 9.84 Å². The summed E-state index contributed by atoms with van der Waals surface area (Å²) in [5, 5.41) is 6.65. The maximum Gasteiger partial charge on any atom is 0.261 e. The number of carbonyl (C=O) groups is 1. The molecule has 0 aliphatic rings. The number of rotatable bonds is 8. The van der Waals surface area contributed by atoms with E-state index >= 15 is 0 Å². The fourth-order valence-electron chi connectivity index (χ4n) is 2.71. The van der Waals surface area contributed by atoms with Crippen molar-refractivity contribution in [2.75, 3.05) is 16.3 Å². The van der Waals surface area contributed by atoms with Gasteiger partial charge in [-0.3, -0.25) is 9.52 Å². The van der Waals surface area contributed by atoms with Crippen LogP contribution in [0.25, 0.3) is 12.2 Å². The highest BCUT2D eigenvalue weighted by molar-refractivity contribution is 7.98. The lowest BCUT2D eigenvalue weighted by Gasteiger charge is -2.09. The van der Waals surface area contributed by atoms with Gasteiger partial charge in [0.2, 0.25) is 5.91 Å². The second-order valence-corrected chi connectivity index (χ2v) is 9.21. The summed E-state index contributed by atoms with van der Waals surface area (Å²) in [6.45, 7) is 3.51. The first-order valence-corrected chi connectivity index (χ1v) is 12.2. The summed E-state index contributed by atoms with van der Waals surface area (Å²) in [6.07, 6.45) is 5.72. The number of nitrogens with zero attached hydrogens (tertiary/aromatic N) is 1. The van der Waals surface area contributed by atoms with E-state index in [0.29, 0.717) is 29.2 Å². The van der Waals surface area contributed by atoms with E-state index in [2.05, 4.69) is 15.2 Å². The van der Waals surface area contributed by atoms with Gasteiger partial charge in [-0.25, -0.2) is 8.42 Å². The molecule has 1 aromatic heterocycles. The average Bonchev–Trinajstić information content (AvgIpc) is 3.11. The Hall–Kier alpha value is -3.04. The fraction of sp³-hybridized carbons (Fsp3) is 0.182. The van der Waals surface area contributed by atoms with Gasteiger partial charge in [-0.1, -0.05) is 36.4 Å². The van der Waals surface area contributed by atoms with Crippen LogP contribution in [0.5, 0.6) is 0 Å². The normalized spacial score (nSPS) is 11.6. The third-order valence-corrected chi connectivity index (χ3v) is 6.54. The maximum absolute atomic E-state index is 12.7. The lowest BCUT2D eigenvalue weighted by molar-refractivity contribution is -0.115. The second kappa shape index (κ2) is 9.84. The molecular formula is C22H23N3O4S2. The van der Waals surface area contributed by atoms with E-state index in [-0.39, 0.29) is 10.8 Å². The summed E-state index contributed by atoms with van der Waals surface area (Å²) < 4.78 is 33.2. The highest BCUT2D eigenvalue weighted by Gasteiger charge is 2.15. The number of aryl methyl sites for hydroxylation is 1. The molecular weight excluding hydrogens is 434 g/mol. The third kappa shape index (κ3) is 5.77. The summed E-state index contributed by atoms with van der Waals surface area (Å²) >= 11 is 1.54. The zero-order valence-electron chi connectivity index (χ0n) is 17.4. The molecule has 3 aromatic rings. The van der Waals surface area contributed by atoms with Gasteiger partial charge in [0.05, 0.1) is 4.90 Å². The summed E-state index contributed by atoms with van der Waals surface area (Å²) in [7, 11) is -3.70. The summed E-state index contributed by atoms with van der Waals surface area (Å²) in [6, 6.07) is 13.7. The monoisotopic (exact) mass is 457 g/mol. The van der Waals surface area contributed by atoms with Crippen molar-refractivity contribution in [1.29, 1.82) is 0 Å². The molecule has 2 N–H and O–H groups in total. The van der Waals surface area contributed by atoms with E-state index in [1.54, 1.807) is 56.3 Å². The molecule has 31 heavy (non-hydrogen) atoms. The summed E-state index contributed by atoms with van der Waals surface area (Å²) in [5.74, 6) is 0.289. The Balaban J connectivity index is 1.75. The molecule has 0 aliphatic heterocycles. The van der Waals surface area contributed by atoms with Crippen molar-refractivity contribution < 1.29 is 17.7 Å². The van der Waals surface area contributed by atoms with Crippen LogP contribution in [0.2, 0.25) is 0 Å². The highest BCUT2D eigenvalue weighted by Crippen LogP contribution is 2.24. The van der Waals surface area contributed by atoms with Crippen molar-refractivity contribution in [3.8, 4) is 0 Å². The molecule has 0 spiro atoms. The van der Waals surface area contributed by atoms with Crippen molar-refractivity contribution in [3.05, 3.63) is 65.5 Å². The molecule has 2 aromatic carbocycles. The summed E-state index contributed by atoms with van der Waals surface area (Å²) in [5.41, 5.74) is 2.39. The number of benzene rings is 2. The summed E-state index contributed by atoms with van der Waals surface area (Å²) in [4.78, 5) is 12.8. The Labute approximate surface area is 186 Å². The topological polar surface area (TPSA) is 101 Å². The number of sulfonamides is 1. The van der Waals surface area contributed by atoms with Crippen LogP contribution >= 0.6 is 11.8 Å². The van der Waals surface area contributed by atoms with Crippen molar-refractivity contribution in [2.24, 2.45) is 0 Å². The Morgan fingerprint density at radius 3 is 2.58 bits per heavy atom. The minimum Gasteiger partial charge on any atom is -0.354 e. The smallest absolute Gasteiger partial charge is 0.261 e. The van der Waals surface area contributed by atoms with Crippen LogP contribution in [0.1, 0.15) is 30.4 Å². The Morgan fingerprint density at radius 2 is 1.90 bits per heavy atom. The van der Waals surface area contributed by atoms with Crippen LogP contribution in [0.15, 0.2) is 62.8 Å². The van der Waals surface area contributed by atoms with Crippen molar-refractivity contribution >= 4 is 51.2 Å². The first-order chi connectivity index (χ1) is 14.8. The van der Waals surface area contributed by atoms with Gasteiger partial charge in [0.1, 0.15) is 11.4 Å². The van der Waals surface area contributed by atoms with E-state index in [1.807, 2.05) is 12.3 Å². The molecule has 0 fully saturated rings. The number of carbonyl (C=O) groups excluding carboxylic acids is 1. The number of amides is 1. The predicted molar refractivity (Wildman–Crippen MR) is 125 cm³/mol. The van der Waals surface area contributed by atoms with Gasteiger partial charge in [0.15, 0.2) is 5.76 Å². The van der Waals surface area contributed by atoms with Crippen LogP contribution in [0, 0.1) is 6.92 Å². The molecule has 0 bridgehead atoms. The van der Waals surface area contributed by atoms with Gasteiger partial charge in [-0.05, 0) is 55.2 Å². The van der Waals surface area contributed by atoms with Gasteiger partial charge >= 0.3 is 0 Å². The molecule has 0 atom stereocenters. The van der Waals surface area contributed by atoms with Crippen LogP contribution in [-0.2, 0) is 14.8 Å². The third-order valence-electron chi connectivity index (χ3n) is 4.41. The Kier molecular flexibility index (Phi) is 7.19. The Morgan fingerprint density at radius 1 is 1.16 bits per heavy atom. The van der Waals surface area contributed by atoms with Crippen LogP contribution < -0.4 is 10.0 Å². The molecule has 0 saturated heterocycles. The minimum atomic E-state index is -3.70. The predicted octanol–water partition coefficient (Wildman–Crippen LogP) is 5.02. The van der Waals surface area contributed by atoms with E-state index in [0.717, 1.165) is 10.5 Å². The van der Waals surface area contributed by atoms with Crippen LogP contribution in [-0.4, -0.2) is 25.7 Å². The molecule has 9 heteroatoms. The number of aromatic nitrogens is 1. The van der Waals surface area contributed by atoms with Crippen LogP contribution in [0.4, 0.5) is 11.4 Å². The largest absolute Gasteiger partial charge is 0.354 e. The highest BCUT2D eigenvalue weighted by atomic mass is 32.2. The number of anilines is 2. The van der Waals surface area contributed by atoms with Crippen molar-refractivity contribution in [2.45, 2.75) is 30.1 Å². The lowest BCUT2D eigenvalue weighted by atomic mass is 10.2. The van der Waals surface area contributed by atoms with Gasteiger partial charge in [0.25, 0.3) is 10.0 Å². The molecule has 0 radical (unpaired) electrons. The van der Waals surface area contributed by atoms with E-state index < -0.39 is 10.0 Å². The van der Waals surface area contributed by atoms with Crippen molar-refractivity contribution in [1.82, 2.24) is 5.16 Å². The van der Waals surface area contributed by atoms with E-state index in [4.69, 9.17) is 4.52 Å². The average molecular weight is 458 g/mol. The standard InChI is InChI=1S/C22H23N3O4S2/c1-4-21(26)23-22-15(2)24-29-20(22)13-10-16-8-11-19(12-9-16)31(27,28)25-17-6-5-7-18(14-17)30-3/h5-14,25H,4H2,1-3H3,(H,23,26)/b13-10-. The first kappa shape index (κ1) is 22.6. The quantitative estimate of drug-likeness (QED) is 0.460. The number of thioether (sulfide) groups is 1. The lowest BCUT2D eigenvalue weighted by Crippen LogP contribution is -2.12. The van der Waals surface area contributed by atoms with E-state index in [1.165, 1.54) is 23.9 Å². The SMILES string of the molecule is CCC(=O)Nc1c(C)noc1/C=C\c1ccc(S(=O)(=O)Nc2cccc(SC)c2)cc1. The zero-order chi connectivity index (χ0) is 22.4. The van der Waals surface area contributed by atoms with Gasteiger partial charge in [0, 0.05) is 17.0 Å². The minimum absolute atomic E-state index is 0.133. The number of nitrogens with one attached hydrogen (secondary N) is 2. The number of hydrogen-bond acceptors (Lipinski definition) is 6. The maximum atomic E-state index is 12.7. The zero-order valence-corrected chi connectivity index (χ0v) is 19.0. The molecule has 0 unspecified atom stereocenters.